The van der Waals surface area contributed by atoms with Crippen LogP contribution in [0, 0.1) is 0 Å². The maximum atomic E-state index is 11.9. The summed E-state index contributed by atoms with van der Waals surface area (Å²) in [4.78, 5) is 0.0689. The lowest BCUT2D eigenvalue weighted by atomic mass is 10.3. The molecule has 0 amide bonds. The molecule has 0 aliphatic rings. The van der Waals surface area contributed by atoms with Gasteiger partial charge in [0.2, 0.25) is 10.0 Å². The summed E-state index contributed by atoms with van der Waals surface area (Å²) >= 11 is 0. The molecule has 0 aliphatic heterocycles. The Bertz CT molecular complexity index is 473. The Kier molecular flexibility index (Phi) is 6.83. The van der Waals surface area contributed by atoms with E-state index in [1.807, 2.05) is 0 Å². The van der Waals surface area contributed by atoms with Crippen LogP contribution in [0.1, 0.15) is 26.2 Å². The Balaban J connectivity index is 2.32. The van der Waals surface area contributed by atoms with Gasteiger partial charge in [0, 0.05) is 19.8 Å². The van der Waals surface area contributed by atoms with Crippen molar-refractivity contribution in [3.63, 3.8) is 0 Å². The van der Waals surface area contributed by atoms with Crippen molar-refractivity contribution in [3.8, 4) is 5.75 Å². The SMILES string of the molecule is CCCCOCCCNS(=O)(=O)c1cccc(O)c1. The predicted molar refractivity (Wildman–Crippen MR) is 73.6 cm³/mol. The van der Waals surface area contributed by atoms with E-state index in [1.165, 1.54) is 24.3 Å². The van der Waals surface area contributed by atoms with Crippen molar-refractivity contribution < 1.29 is 18.3 Å². The molecule has 6 heteroatoms. The van der Waals surface area contributed by atoms with Crippen molar-refractivity contribution in [2.24, 2.45) is 0 Å². The maximum absolute atomic E-state index is 11.9. The van der Waals surface area contributed by atoms with Crippen LogP contribution >= 0.6 is 0 Å². The average Bonchev–Trinajstić information content (AvgIpc) is 2.38. The number of sulfonamides is 1. The molecular formula is C13H21NO4S. The zero-order chi connectivity index (χ0) is 14.1. The number of unbranched alkanes of at least 4 members (excludes halogenated alkanes) is 1. The van der Waals surface area contributed by atoms with Crippen LogP contribution < -0.4 is 4.72 Å². The fourth-order valence-electron chi connectivity index (χ4n) is 1.46. The third-order valence-corrected chi connectivity index (χ3v) is 3.99. The first-order chi connectivity index (χ1) is 9.06. The molecule has 5 nitrogen and oxygen atoms in total. The fraction of sp³-hybridized carbons (Fsp3) is 0.538. The topological polar surface area (TPSA) is 75.6 Å². The molecule has 0 saturated heterocycles. The molecular weight excluding hydrogens is 266 g/mol. The molecule has 19 heavy (non-hydrogen) atoms. The van der Waals surface area contributed by atoms with E-state index >= 15 is 0 Å². The van der Waals surface area contributed by atoms with Gasteiger partial charge in [0.1, 0.15) is 5.75 Å². The third kappa shape index (κ3) is 6.04. The van der Waals surface area contributed by atoms with Crippen LogP contribution in [0.3, 0.4) is 0 Å². The minimum absolute atomic E-state index is 0.0641. The van der Waals surface area contributed by atoms with Gasteiger partial charge in [0.25, 0.3) is 0 Å². The fourth-order valence-corrected chi connectivity index (χ4v) is 2.58. The number of hydrogen-bond acceptors (Lipinski definition) is 4. The van der Waals surface area contributed by atoms with Gasteiger partial charge >= 0.3 is 0 Å². The summed E-state index contributed by atoms with van der Waals surface area (Å²) in [5, 5.41) is 9.26. The third-order valence-electron chi connectivity index (χ3n) is 2.53. The first kappa shape index (κ1) is 15.9. The van der Waals surface area contributed by atoms with Crippen molar-refractivity contribution in [1.82, 2.24) is 4.72 Å². The Morgan fingerprint density at radius 2 is 2.00 bits per heavy atom. The largest absolute Gasteiger partial charge is 0.508 e. The van der Waals surface area contributed by atoms with E-state index < -0.39 is 10.0 Å². The first-order valence-electron chi connectivity index (χ1n) is 6.42. The van der Waals surface area contributed by atoms with Crippen LogP contribution in [-0.4, -0.2) is 33.3 Å². The molecule has 0 radical (unpaired) electrons. The van der Waals surface area contributed by atoms with E-state index in [0.29, 0.717) is 19.6 Å². The summed E-state index contributed by atoms with van der Waals surface area (Å²) in [7, 11) is -3.55. The number of phenolic OH excluding ortho intramolecular Hbond substituents is 1. The van der Waals surface area contributed by atoms with Crippen LogP contribution in [0.15, 0.2) is 29.2 Å². The van der Waals surface area contributed by atoms with Gasteiger partial charge in [-0.3, -0.25) is 0 Å². The Morgan fingerprint density at radius 3 is 2.68 bits per heavy atom. The quantitative estimate of drug-likeness (QED) is 0.680. The first-order valence-corrected chi connectivity index (χ1v) is 7.91. The van der Waals surface area contributed by atoms with E-state index in [9.17, 15) is 13.5 Å². The molecule has 0 unspecified atom stereocenters. The van der Waals surface area contributed by atoms with Gasteiger partial charge in [-0.1, -0.05) is 19.4 Å². The van der Waals surface area contributed by atoms with Crippen LogP contribution in [0.5, 0.6) is 5.75 Å². The smallest absolute Gasteiger partial charge is 0.240 e. The van der Waals surface area contributed by atoms with Crippen molar-refractivity contribution >= 4 is 10.0 Å². The second-order valence-electron chi connectivity index (χ2n) is 4.21. The number of aromatic hydroxyl groups is 1. The summed E-state index contributed by atoms with van der Waals surface area (Å²) in [6.45, 7) is 3.68. The Hall–Kier alpha value is -1.11. The molecule has 0 bridgehead atoms. The highest BCUT2D eigenvalue weighted by Crippen LogP contribution is 2.15. The van der Waals surface area contributed by atoms with Gasteiger partial charge in [0.15, 0.2) is 0 Å². The maximum Gasteiger partial charge on any atom is 0.240 e. The molecule has 0 aromatic heterocycles. The van der Waals surface area contributed by atoms with Gasteiger partial charge in [-0.05, 0) is 31.0 Å². The zero-order valence-corrected chi connectivity index (χ0v) is 11.9. The summed E-state index contributed by atoms with van der Waals surface area (Å²) in [6.07, 6.45) is 2.74. The molecule has 2 N–H and O–H groups in total. The Morgan fingerprint density at radius 1 is 1.26 bits per heavy atom. The van der Waals surface area contributed by atoms with E-state index in [4.69, 9.17) is 4.74 Å². The average molecular weight is 287 g/mol. The molecule has 0 atom stereocenters. The van der Waals surface area contributed by atoms with Gasteiger partial charge < -0.3 is 9.84 Å². The van der Waals surface area contributed by atoms with Gasteiger partial charge in [-0.2, -0.15) is 0 Å². The van der Waals surface area contributed by atoms with E-state index in [-0.39, 0.29) is 10.6 Å². The number of ether oxygens (including phenoxy) is 1. The molecule has 1 rings (SSSR count). The normalized spacial score (nSPS) is 11.6. The highest BCUT2D eigenvalue weighted by atomic mass is 32.2. The van der Waals surface area contributed by atoms with E-state index in [1.54, 1.807) is 0 Å². The van der Waals surface area contributed by atoms with E-state index in [2.05, 4.69) is 11.6 Å². The van der Waals surface area contributed by atoms with Crippen molar-refractivity contribution in [1.29, 1.82) is 0 Å². The zero-order valence-electron chi connectivity index (χ0n) is 11.1. The number of hydrogen-bond donors (Lipinski definition) is 2. The highest BCUT2D eigenvalue weighted by Gasteiger charge is 2.13. The summed E-state index contributed by atoms with van der Waals surface area (Å²) in [5.41, 5.74) is 0. The van der Waals surface area contributed by atoms with E-state index in [0.717, 1.165) is 19.4 Å². The van der Waals surface area contributed by atoms with Crippen LogP contribution in [0.25, 0.3) is 0 Å². The number of rotatable bonds is 9. The minimum Gasteiger partial charge on any atom is -0.508 e. The molecule has 0 spiro atoms. The lowest BCUT2D eigenvalue weighted by Crippen LogP contribution is -2.25. The predicted octanol–water partition coefficient (Wildman–Crippen LogP) is 1.88. The molecule has 1 aromatic carbocycles. The minimum atomic E-state index is -3.55. The van der Waals surface area contributed by atoms with Crippen molar-refractivity contribution in [2.75, 3.05) is 19.8 Å². The molecule has 108 valence electrons. The van der Waals surface area contributed by atoms with Gasteiger partial charge in [0.05, 0.1) is 4.90 Å². The lowest BCUT2D eigenvalue weighted by molar-refractivity contribution is 0.130. The van der Waals surface area contributed by atoms with Crippen molar-refractivity contribution in [2.45, 2.75) is 31.1 Å². The van der Waals surface area contributed by atoms with Gasteiger partial charge in [-0.15, -0.1) is 0 Å². The lowest BCUT2D eigenvalue weighted by Gasteiger charge is -2.07. The second-order valence-corrected chi connectivity index (χ2v) is 5.98. The number of phenols is 1. The van der Waals surface area contributed by atoms with Crippen LogP contribution in [-0.2, 0) is 14.8 Å². The summed E-state index contributed by atoms with van der Waals surface area (Å²) in [5.74, 6) is -0.0641. The highest BCUT2D eigenvalue weighted by molar-refractivity contribution is 7.89. The van der Waals surface area contributed by atoms with Gasteiger partial charge in [-0.25, -0.2) is 13.1 Å². The second kappa shape index (κ2) is 8.14. The molecule has 0 heterocycles. The molecule has 0 saturated carbocycles. The standard InChI is InChI=1S/C13H21NO4S/c1-2-3-9-18-10-5-8-14-19(16,17)13-7-4-6-12(15)11-13/h4,6-7,11,14-15H,2-3,5,8-10H2,1H3. The summed E-state index contributed by atoms with van der Waals surface area (Å²) in [6, 6.07) is 5.60. The summed E-state index contributed by atoms with van der Waals surface area (Å²) < 4.78 is 31.5. The number of benzene rings is 1. The Labute approximate surface area is 114 Å². The van der Waals surface area contributed by atoms with Crippen LogP contribution in [0.4, 0.5) is 0 Å². The number of nitrogens with one attached hydrogen (secondary N) is 1. The molecule has 0 fully saturated rings. The van der Waals surface area contributed by atoms with Crippen LogP contribution in [0.2, 0.25) is 0 Å². The molecule has 1 aromatic rings. The monoisotopic (exact) mass is 287 g/mol. The van der Waals surface area contributed by atoms with Crippen molar-refractivity contribution in [3.05, 3.63) is 24.3 Å². The molecule has 0 aliphatic carbocycles.